The molecule has 0 saturated heterocycles. The van der Waals surface area contributed by atoms with Crippen LogP contribution in [0.3, 0.4) is 0 Å². The number of benzene rings is 2. The van der Waals surface area contributed by atoms with Gasteiger partial charge in [0.15, 0.2) is 0 Å². The lowest BCUT2D eigenvalue weighted by Gasteiger charge is -2.07. The molecule has 0 bridgehead atoms. The van der Waals surface area contributed by atoms with E-state index in [9.17, 15) is 0 Å². The van der Waals surface area contributed by atoms with Crippen molar-refractivity contribution < 1.29 is 9.31 Å². The van der Waals surface area contributed by atoms with Crippen molar-refractivity contribution in [1.82, 2.24) is 0 Å². The number of fused-ring (bicyclic) bond motifs is 2. The van der Waals surface area contributed by atoms with Gasteiger partial charge in [0.05, 0.1) is 0 Å². The van der Waals surface area contributed by atoms with E-state index in [2.05, 4.69) is 31.2 Å². The molecule has 0 aliphatic carbocycles. The van der Waals surface area contributed by atoms with Gasteiger partial charge in [0.25, 0.3) is 0 Å². The van der Waals surface area contributed by atoms with E-state index in [1.807, 2.05) is 35.6 Å². The molecule has 0 N–H and O–H groups in total. The Bertz CT molecular complexity index is 787. The lowest BCUT2D eigenvalue weighted by molar-refractivity contribution is 0.519. The Balaban J connectivity index is 1.77. The highest BCUT2D eigenvalue weighted by atomic mass is 32.1. The van der Waals surface area contributed by atoms with E-state index >= 15 is 0 Å². The lowest BCUT2D eigenvalue weighted by atomic mass is 9.76. The topological polar surface area (TPSA) is 18.5 Å². The van der Waals surface area contributed by atoms with Crippen molar-refractivity contribution in [3.05, 3.63) is 53.4 Å². The molecule has 0 radical (unpaired) electrons. The molecule has 2 heterocycles. The van der Waals surface area contributed by atoms with E-state index in [-0.39, 0.29) is 7.12 Å². The number of aryl methyl sites for hydroxylation is 1. The summed E-state index contributed by atoms with van der Waals surface area (Å²) >= 11 is 1.87. The third-order valence-electron chi connectivity index (χ3n) is 4.02. The molecule has 0 atom stereocenters. The van der Waals surface area contributed by atoms with Gasteiger partial charge >= 0.3 is 7.12 Å². The predicted molar refractivity (Wildman–Crippen MR) is 93.5 cm³/mol. The highest BCUT2D eigenvalue weighted by Crippen LogP contribution is 2.35. The van der Waals surface area contributed by atoms with Gasteiger partial charge in [0.2, 0.25) is 0 Å². The van der Waals surface area contributed by atoms with Gasteiger partial charge in [0, 0.05) is 15.0 Å². The van der Waals surface area contributed by atoms with Gasteiger partial charge in [-0.05, 0) is 36.4 Å². The summed E-state index contributed by atoms with van der Waals surface area (Å²) in [6.45, 7) is 2.23. The quantitative estimate of drug-likeness (QED) is 0.665. The van der Waals surface area contributed by atoms with E-state index < -0.39 is 0 Å². The number of hydrogen-bond donors (Lipinski definition) is 0. The molecular weight excluding hydrogens is 291 g/mol. The van der Waals surface area contributed by atoms with E-state index in [0.29, 0.717) is 0 Å². The Kier molecular flexibility index (Phi) is 3.55. The third kappa shape index (κ3) is 2.28. The minimum atomic E-state index is -0.319. The van der Waals surface area contributed by atoms with Crippen molar-refractivity contribution >= 4 is 34.0 Å². The zero-order valence-corrected chi connectivity index (χ0v) is 13.4. The highest BCUT2D eigenvalue weighted by molar-refractivity contribution is 7.20. The smallest absolute Gasteiger partial charge is 0.519 e. The number of rotatable bonds is 4. The average Bonchev–Trinajstić information content (AvgIpc) is 3.13. The number of unbranched alkanes of at least 4 members (excludes halogenated alkanes) is 1. The number of hydrogen-bond acceptors (Lipinski definition) is 3. The van der Waals surface area contributed by atoms with Crippen molar-refractivity contribution in [3.63, 3.8) is 0 Å². The Hall–Kier alpha value is -1.94. The molecule has 4 heteroatoms. The summed E-state index contributed by atoms with van der Waals surface area (Å²) in [5.41, 5.74) is 1.21. The van der Waals surface area contributed by atoms with Crippen molar-refractivity contribution in [2.75, 3.05) is 0 Å². The molecule has 0 amide bonds. The summed E-state index contributed by atoms with van der Waals surface area (Å²) in [5, 5.41) is 1.26. The van der Waals surface area contributed by atoms with E-state index in [0.717, 1.165) is 17.9 Å². The van der Waals surface area contributed by atoms with Crippen molar-refractivity contribution in [2.24, 2.45) is 0 Å². The third-order valence-corrected chi connectivity index (χ3v) is 5.27. The van der Waals surface area contributed by atoms with Crippen LogP contribution in [0.2, 0.25) is 0 Å². The molecule has 4 rings (SSSR count). The Morgan fingerprint density at radius 1 is 0.955 bits per heavy atom. The van der Waals surface area contributed by atoms with Gasteiger partial charge in [-0.3, -0.25) is 0 Å². The molecule has 2 nitrogen and oxygen atoms in total. The molecule has 1 aliphatic rings. The fraction of sp³-hybridized carbons (Fsp3) is 0.222. The Morgan fingerprint density at radius 2 is 1.64 bits per heavy atom. The molecule has 0 spiro atoms. The van der Waals surface area contributed by atoms with Gasteiger partial charge in [-0.15, -0.1) is 11.3 Å². The van der Waals surface area contributed by atoms with Crippen LogP contribution in [-0.2, 0) is 6.42 Å². The maximum absolute atomic E-state index is 6.06. The first-order valence-electron chi connectivity index (χ1n) is 7.79. The SMILES string of the molecule is CCCCc1sc2ccccc2c1B1Oc2ccccc2O1. The molecule has 0 fully saturated rings. The van der Waals surface area contributed by atoms with Crippen LogP contribution in [0.15, 0.2) is 48.5 Å². The molecule has 110 valence electrons. The number of para-hydroxylation sites is 2. The first kappa shape index (κ1) is 13.7. The largest absolute Gasteiger partial charge is 0.634 e. The predicted octanol–water partition coefficient (Wildman–Crippen LogP) is 4.41. The van der Waals surface area contributed by atoms with Gasteiger partial charge < -0.3 is 9.31 Å². The summed E-state index contributed by atoms with van der Waals surface area (Å²) in [7, 11) is -0.319. The summed E-state index contributed by atoms with van der Waals surface area (Å²) in [5.74, 6) is 1.67. The van der Waals surface area contributed by atoms with Crippen LogP contribution in [0.1, 0.15) is 24.6 Å². The Morgan fingerprint density at radius 3 is 2.36 bits per heavy atom. The summed E-state index contributed by atoms with van der Waals surface area (Å²) in [6.07, 6.45) is 3.48. The first-order chi connectivity index (χ1) is 10.9. The van der Waals surface area contributed by atoms with Crippen molar-refractivity contribution in [1.29, 1.82) is 0 Å². The van der Waals surface area contributed by atoms with E-state index in [1.165, 1.54) is 33.3 Å². The lowest BCUT2D eigenvalue weighted by Crippen LogP contribution is -2.40. The van der Waals surface area contributed by atoms with Crippen molar-refractivity contribution in [3.8, 4) is 11.5 Å². The molecule has 1 aromatic heterocycles. The van der Waals surface area contributed by atoms with Gasteiger partial charge in [-0.2, -0.15) is 0 Å². The van der Waals surface area contributed by atoms with Gasteiger partial charge in [-0.25, -0.2) is 0 Å². The fourth-order valence-electron chi connectivity index (χ4n) is 2.91. The van der Waals surface area contributed by atoms with Crippen LogP contribution in [0.4, 0.5) is 0 Å². The minimum Gasteiger partial charge on any atom is -0.519 e. The number of thiophene rings is 1. The molecule has 22 heavy (non-hydrogen) atoms. The van der Waals surface area contributed by atoms with Crippen LogP contribution < -0.4 is 14.8 Å². The normalized spacial score (nSPS) is 13.0. The minimum absolute atomic E-state index is 0.319. The maximum atomic E-state index is 6.06. The second-order valence-corrected chi connectivity index (χ2v) is 6.69. The van der Waals surface area contributed by atoms with Gasteiger partial charge in [-0.1, -0.05) is 43.7 Å². The average molecular weight is 308 g/mol. The van der Waals surface area contributed by atoms with Crippen LogP contribution in [-0.4, -0.2) is 7.12 Å². The zero-order chi connectivity index (χ0) is 14.9. The molecule has 0 unspecified atom stereocenters. The molecule has 3 aromatic rings. The second-order valence-electron chi connectivity index (χ2n) is 5.55. The van der Waals surface area contributed by atoms with Crippen molar-refractivity contribution in [2.45, 2.75) is 26.2 Å². The van der Waals surface area contributed by atoms with Crippen LogP contribution >= 0.6 is 11.3 Å². The summed E-state index contributed by atoms with van der Waals surface area (Å²) in [6, 6.07) is 16.4. The van der Waals surface area contributed by atoms with Crippen LogP contribution in [0.25, 0.3) is 10.1 Å². The summed E-state index contributed by atoms with van der Waals surface area (Å²) in [4.78, 5) is 1.39. The molecule has 0 saturated carbocycles. The Labute approximate surface area is 134 Å². The standard InChI is InChI=1S/C18H17BO2S/c1-2-3-11-17-18(13-8-4-7-12-16(13)22-17)19-20-14-9-5-6-10-15(14)21-19/h4-10,12H,2-3,11H2,1H3. The van der Waals surface area contributed by atoms with E-state index in [4.69, 9.17) is 9.31 Å². The second kappa shape index (κ2) is 5.69. The monoisotopic (exact) mass is 308 g/mol. The fourth-order valence-corrected chi connectivity index (χ4v) is 4.18. The first-order valence-corrected chi connectivity index (χ1v) is 8.61. The zero-order valence-electron chi connectivity index (χ0n) is 12.5. The summed E-state index contributed by atoms with van der Waals surface area (Å²) < 4.78 is 13.4. The molecule has 2 aromatic carbocycles. The maximum Gasteiger partial charge on any atom is 0.634 e. The van der Waals surface area contributed by atoms with Crippen LogP contribution in [0, 0.1) is 0 Å². The molecule has 1 aliphatic heterocycles. The molecular formula is C18H17BO2S. The highest BCUT2D eigenvalue weighted by Gasteiger charge is 2.38. The van der Waals surface area contributed by atoms with Gasteiger partial charge in [0.1, 0.15) is 11.5 Å². The van der Waals surface area contributed by atoms with E-state index in [1.54, 1.807) is 0 Å². The van der Waals surface area contributed by atoms with Crippen LogP contribution in [0.5, 0.6) is 11.5 Å².